The van der Waals surface area contributed by atoms with Crippen LogP contribution in [-0.2, 0) is 11.4 Å². The summed E-state index contributed by atoms with van der Waals surface area (Å²) in [6, 6.07) is 7.87. The third-order valence-corrected chi connectivity index (χ3v) is 4.12. The van der Waals surface area contributed by atoms with E-state index in [1.165, 1.54) is 0 Å². The Kier molecular flexibility index (Phi) is 5.15. The third-order valence-electron chi connectivity index (χ3n) is 4.12. The molecule has 0 unspecified atom stereocenters. The van der Waals surface area contributed by atoms with Gasteiger partial charge in [-0.25, -0.2) is 4.68 Å². The molecule has 0 amide bonds. The summed E-state index contributed by atoms with van der Waals surface area (Å²) in [5, 5.41) is 8.57. The van der Waals surface area contributed by atoms with Crippen molar-refractivity contribution in [1.82, 2.24) is 14.7 Å². The van der Waals surface area contributed by atoms with Crippen LogP contribution in [0.5, 0.6) is 5.75 Å². The molecule has 1 aromatic heterocycles. The molecule has 2 heterocycles. The maximum absolute atomic E-state index is 5.48. The van der Waals surface area contributed by atoms with Crippen LogP contribution in [0.4, 0.5) is 0 Å². The summed E-state index contributed by atoms with van der Waals surface area (Å²) in [7, 11) is 3.76. The van der Waals surface area contributed by atoms with E-state index in [1.54, 1.807) is 7.11 Å². The first-order valence-corrected chi connectivity index (χ1v) is 8.26. The van der Waals surface area contributed by atoms with Gasteiger partial charge in [-0.15, -0.1) is 0 Å². The molecular formula is C18H24N4O2. The Morgan fingerprint density at radius 2 is 2.29 bits per heavy atom. The third kappa shape index (κ3) is 3.94. The Hall–Kier alpha value is -2.34. The molecular weight excluding hydrogens is 304 g/mol. The molecule has 1 aliphatic rings. The van der Waals surface area contributed by atoms with Gasteiger partial charge >= 0.3 is 0 Å². The van der Waals surface area contributed by atoms with Crippen molar-refractivity contribution in [2.24, 2.45) is 5.16 Å². The van der Waals surface area contributed by atoms with Crippen molar-refractivity contribution in [2.45, 2.75) is 32.4 Å². The van der Waals surface area contributed by atoms with Crippen LogP contribution in [0.25, 0.3) is 5.69 Å². The van der Waals surface area contributed by atoms with Crippen LogP contribution in [0.1, 0.15) is 25.3 Å². The molecule has 0 spiro atoms. The van der Waals surface area contributed by atoms with Gasteiger partial charge in [0.1, 0.15) is 11.9 Å². The van der Waals surface area contributed by atoms with E-state index >= 15 is 0 Å². The number of nitrogens with zero attached hydrogens (tertiary/aromatic N) is 4. The van der Waals surface area contributed by atoms with Crippen LogP contribution in [0.3, 0.4) is 0 Å². The number of likely N-dealkylation sites (N-methyl/N-ethyl adjacent to an activating group) is 1. The zero-order valence-corrected chi connectivity index (χ0v) is 14.5. The fourth-order valence-electron chi connectivity index (χ4n) is 2.85. The summed E-state index contributed by atoms with van der Waals surface area (Å²) in [6.45, 7) is 3.80. The smallest absolute Gasteiger partial charge is 0.145 e. The fourth-order valence-corrected chi connectivity index (χ4v) is 2.85. The number of hydrogen-bond acceptors (Lipinski definition) is 5. The van der Waals surface area contributed by atoms with Crippen LogP contribution in [0.2, 0.25) is 0 Å². The second-order valence-electron chi connectivity index (χ2n) is 6.13. The summed E-state index contributed by atoms with van der Waals surface area (Å²) < 4.78 is 7.14. The molecule has 0 saturated heterocycles. The highest BCUT2D eigenvalue weighted by Gasteiger charge is 2.21. The minimum Gasteiger partial charge on any atom is -0.497 e. The van der Waals surface area contributed by atoms with Gasteiger partial charge < -0.3 is 9.57 Å². The van der Waals surface area contributed by atoms with Gasteiger partial charge in [-0.05, 0) is 25.6 Å². The molecule has 3 rings (SSSR count). The van der Waals surface area contributed by atoms with Crippen molar-refractivity contribution in [3.63, 3.8) is 0 Å². The minimum absolute atomic E-state index is 0.165. The highest BCUT2D eigenvalue weighted by molar-refractivity contribution is 5.85. The molecule has 0 aliphatic carbocycles. The second kappa shape index (κ2) is 7.49. The largest absolute Gasteiger partial charge is 0.497 e. The van der Waals surface area contributed by atoms with Gasteiger partial charge in [0.05, 0.1) is 24.7 Å². The van der Waals surface area contributed by atoms with E-state index in [4.69, 9.17) is 9.57 Å². The van der Waals surface area contributed by atoms with E-state index in [2.05, 4.69) is 35.3 Å². The predicted octanol–water partition coefficient (Wildman–Crippen LogP) is 2.87. The maximum atomic E-state index is 5.48. The number of methoxy groups -OCH3 is 1. The number of hydrogen-bond donors (Lipinski definition) is 0. The first-order chi connectivity index (χ1) is 11.7. The molecule has 0 bridgehead atoms. The molecule has 6 nitrogen and oxygen atoms in total. The van der Waals surface area contributed by atoms with E-state index in [-0.39, 0.29) is 6.10 Å². The van der Waals surface area contributed by atoms with Gasteiger partial charge in [-0.3, -0.25) is 4.90 Å². The zero-order chi connectivity index (χ0) is 16.9. The molecule has 24 heavy (non-hydrogen) atoms. The van der Waals surface area contributed by atoms with Gasteiger partial charge in [0.25, 0.3) is 0 Å². The molecule has 0 saturated carbocycles. The van der Waals surface area contributed by atoms with Crippen molar-refractivity contribution < 1.29 is 9.57 Å². The lowest BCUT2D eigenvalue weighted by atomic mass is 10.1. The number of rotatable bonds is 7. The van der Waals surface area contributed by atoms with Gasteiger partial charge in [0, 0.05) is 37.3 Å². The first-order valence-electron chi connectivity index (χ1n) is 8.26. The summed E-state index contributed by atoms with van der Waals surface area (Å²) in [5.74, 6) is 0.826. The lowest BCUT2D eigenvalue weighted by molar-refractivity contribution is 0.0576. The number of aromatic nitrogens is 2. The number of oxime groups is 1. The lowest BCUT2D eigenvalue weighted by Gasteiger charge is -2.18. The fraction of sp³-hybridized carbons (Fsp3) is 0.444. The van der Waals surface area contributed by atoms with Crippen LogP contribution >= 0.6 is 0 Å². The van der Waals surface area contributed by atoms with Crippen LogP contribution in [-0.4, -0.2) is 47.2 Å². The zero-order valence-electron chi connectivity index (χ0n) is 14.5. The van der Waals surface area contributed by atoms with Crippen molar-refractivity contribution in [1.29, 1.82) is 0 Å². The van der Waals surface area contributed by atoms with Crippen molar-refractivity contribution in [3.05, 3.63) is 42.2 Å². The molecule has 0 radical (unpaired) electrons. The maximum Gasteiger partial charge on any atom is 0.145 e. The van der Waals surface area contributed by atoms with Crippen molar-refractivity contribution in [3.8, 4) is 11.4 Å². The van der Waals surface area contributed by atoms with Gasteiger partial charge in [0.2, 0.25) is 0 Å². The van der Waals surface area contributed by atoms with Crippen molar-refractivity contribution >= 4 is 5.71 Å². The minimum atomic E-state index is 0.165. The molecule has 1 aliphatic heterocycles. The Labute approximate surface area is 142 Å². The Morgan fingerprint density at radius 1 is 1.42 bits per heavy atom. The molecule has 0 N–H and O–H groups in total. The predicted molar refractivity (Wildman–Crippen MR) is 93.7 cm³/mol. The quantitative estimate of drug-likeness (QED) is 0.784. The summed E-state index contributed by atoms with van der Waals surface area (Å²) >= 11 is 0. The molecule has 2 aromatic rings. The van der Waals surface area contributed by atoms with Gasteiger partial charge in [-0.2, -0.15) is 5.10 Å². The molecule has 1 atom stereocenters. The molecule has 6 heteroatoms. The van der Waals surface area contributed by atoms with Crippen molar-refractivity contribution in [2.75, 3.05) is 20.7 Å². The van der Waals surface area contributed by atoms with Crippen LogP contribution in [0.15, 0.2) is 41.8 Å². The highest BCUT2D eigenvalue weighted by Crippen LogP contribution is 2.17. The van der Waals surface area contributed by atoms with Crippen LogP contribution < -0.4 is 4.74 Å². The van der Waals surface area contributed by atoms with Gasteiger partial charge in [0.15, 0.2) is 0 Å². The monoisotopic (exact) mass is 328 g/mol. The molecule has 128 valence electrons. The van der Waals surface area contributed by atoms with E-state index in [0.29, 0.717) is 0 Å². The average Bonchev–Trinajstić information content (AvgIpc) is 3.24. The summed E-state index contributed by atoms with van der Waals surface area (Å²) in [6.07, 6.45) is 6.02. The average molecular weight is 328 g/mol. The Morgan fingerprint density at radius 3 is 3.04 bits per heavy atom. The number of benzene rings is 1. The van der Waals surface area contributed by atoms with E-state index in [0.717, 1.165) is 48.6 Å². The standard InChI is InChI=1S/C18H24N4O2/c1-4-15-8-18(24-20-15)13-21(2)11-14-10-19-22(12-14)16-6-5-7-17(9-16)23-3/h5-7,9-10,12,18H,4,8,11,13H2,1-3H3/t18-/m1/s1. The van der Waals surface area contributed by atoms with E-state index in [1.807, 2.05) is 35.1 Å². The number of ether oxygens (including phenoxy) is 1. The molecule has 1 aromatic carbocycles. The highest BCUT2D eigenvalue weighted by atomic mass is 16.6. The molecule has 0 fully saturated rings. The first kappa shape index (κ1) is 16.5. The summed E-state index contributed by atoms with van der Waals surface area (Å²) in [4.78, 5) is 7.72. The summed E-state index contributed by atoms with van der Waals surface area (Å²) in [5.41, 5.74) is 3.30. The van der Waals surface area contributed by atoms with E-state index < -0.39 is 0 Å². The van der Waals surface area contributed by atoms with E-state index in [9.17, 15) is 0 Å². The second-order valence-corrected chi connectivity index (χ2v) is 6.13. The van der Waals surface area contributed by atoms with Gasteiger partial charge in [-0.1, -0.05) is 18.1 Å². The Balaban J connectivity index is 1.57. The lowest BCUT2D eigenvalue weighted by Crippen LogP contribution is -2.28. The Bertz CT molecular complexity index is 711. The van der Waals surface area contributed by atoms with Crippen LogP contribution in [0, 0.1) is 0 Å². The normalized spacial score (nSPS) is 17.0. The topological polar surface area (TPSA) is 51.9 Å². The SMILES string of the molecule is CCC1=NO[C@@H](CN(C)Cc2cnn(-c3cccc(OC)c3)c2)C1.